The maximum atomic E-state index is 11.3. The van der Waals surface area contributed by atoms with Crippen molar-refractivity contribution in [2.24, 2.45) is 0 Å². The minimum atomic E-state index is -3.90. The number of hydrogen-bond acceptors (Lipinski definition) is 4. The highest BCUT2D eigenvalue weighted by Crippen LogP contribution is 2.16. The molecule has 0 N–H and O–H groups in total. The Morgan fingerprint density at radius 2 is 1.94 bits per heavy atom. The Morgan fingerprint density at radius 3 is 2.50 bits per heavy atom. The van der Waals surface area contributed by atoms with E-state index in [2.05, 4.69) is 10.1 Å². The van der Waals surface area contributed by atoms with Gasteiger partial charge >= 0.3 is 0 Å². The van der Waals surface area contributed by atoms with Gasteiger partial charge in [-0.2, -0.15) is 0 Å². The predicted molar refractivity (Wildman–Crippen MR) is 68.4 cm³/mol. The highest BCUT2D eigenvalue weighted by Gasteiger charge is 2.20. The van der Waals surface area contributed by atoms with Crippen molar-refractivity contribution in [3.63, 3.8) is 0 Å². The van der Waals surface area contributed by atoms with Crippen molar-refractivity contribution in [1.82, 2.24) is 14.8 Å². The van der Waals surface area contributed by atoms with E-state index in [1.807, 2.05) is 37.3 Å². The van der Waals surface area contributed by atoms with Gasteiger partial charge in [-0.05, 0) is 18.6 Å². The number of benzene rings is 1. The van der Waals surface area contributed by atoms with E-state index >= 15 is 0 Å². The fourth-order valence-corrected chi connectivity index (χ4v) is 2.18. The second-order valence-corrected chi connectivity index (χ2v) is 6.21. The van der Waals surface area contributed by atoms with Crippen LogP contribution in [0, 0.1) is 0 Å². The van der Waals surface area contributed by atoms with Crippen LogP contribution in [0.2, 0.25) is 0 Å². The van der Waals surface area contributed by atoms with Crippen molar-refractivity contribution in [2.75, 3.05) is 0 Å². The summed E-state index contributed by atoms with van der Waals surface area (Å²) < 4.78 is 24.0. The van der Waals surface area contributed by atoms with Crippen LogP contribution in [0.4, 0.5) is 0 Å². The number of aromatic nitrogens is 3. The molecule has 18 heavy (non-hydrogen) atoms. The van der Waals surface area contributed by atoms with Crippen molar-refractivity contribution >= 4 is 19.7 Å². The van der Waals surface area contributed by atoms with Crippen LogP contribution in [0.15, 0.2) is 35.5 Å². The largest absolute Gasteiger partial charge is 0.298 e. The molecule has 0 bridgehead atoms. The summed E-state index contributed by atoms with van der Waals surface area (Å²) in [7, 11) is 1.36. The molecule has 0 amide bonds. The van der Waals surface area contributed by atoms with Gasteiger partial charge in [-0.15, -0.1) is 5.10 Å². The molecular weight excluding hydrogens is 274 g/mol. The first-order valence-corrected chi connectivity index (χ1v) is 7.79. The first-order valence-electron chi connectivity index (χ1n) is 5.48. The first-order chi connectivity index (χ1) is 8.52. The molecule has 0 aliphatic rings. The van der Waals surface area contributed by atoms with Crippen LogP contribution < -0.4 is 0 Å². The number of hydrogen-bond donors (Lipinski definition) is 0. The van der Waals surface area contributed by atoms with Gasteiger partial charge in [0.15, 0.2) is 0 Å². The Labute approximate surface area is 110 Å². The summed E-state index contributed by atoms with van der Waals surface area (Å²) in [4.78, 5) is 3.98. The Bertz CT molecular complexity index is 638. The average Bonchev–Trinajstić information content (AvgIpc) is 2.75. The second kappa shape index (κ2) is 5.07. The normalized spacial score (nSPS) is 11.7. The molecule has 0 aliphatic heterocycles. The zero-order chi connectivity index (χ0) is 13.2. The Hall–Kier alpha value is -1.40. The quantitative estimate of drug-likeness (QED) is 0.808. The maximum absolute atomic E-state index is 11.3. The Morgan fingerprint density at radius 1 is 1.28 bits per heavy atom. The Balaban J connectivity index is 2.56. The summed E-state index contributed by atoms with van der Waals surface area (Å²) in [6, 6.07) is 9.24. The van der Waals surface area contributed by atoms with Gasteiger partial charge < -0.3 is 0 Å². The summed E-state index contributed by atoms with van der Waals surface area (Å²) in [5.74, 6) is 0.586. The fraction of sp³-hybridized carbons (Fsp3) is 0.273. The molecule has 7 heteroatoms. The van der Waals surface area contributed by atoms with Crippen LogP contribution >= 0.6 is 10.7 Å². The molecule has 0 unspecified atom stereocenters. The third-order valence-corrected chi connectivity index (χ3v) is 3.37. The molecule has 5 nitrogen and oxygen atoms in total. The van der Waals surface area contributed by atoms with E-state index in [4.69, 9.17) is 10.7 Å². The summed E-state index contributed by atoms with van der Waals surface area (Å²) in [6.07, 6.45) is 1.47. The lowest BCUT2D eigenvalue weighted by Gasteiger charge is -2.03. The van der Waals surface area contributed by atoms with Crippen LogP contribution in [0.3, 0.4) is 0 Å². The van der Waals surface area contributed by atoms with Gasteiger partial charge in [-0.25, -0.2) is 18.1 Å². The molecule has 0 radical (unpaired) electrons. The molecule has 0 saturated heterocycles. The standard InChI is InChI=1S/C11H12ClN3O2S/c1-2-6-10-13-11(18(12,16)17)14-15(10)9-7-4-3-5-8-9/h3-5,7-8H,2,6H2,1H3. The number of aryl methyl sites for hydroxylation is 1. The van der Waals surface area contributed by atoms with Crippen LogP contribution in [0.1, 0.15) is 19.2 Å². The van der Waals surface area contributed by atoms with Gasteiger partial charge in [0.1, 0.15) is 5.82 Å². The summed E-state index contributed by atoms with van der Waals surface area (Å²) in [6.45, 7) is 1.99. The molecule has 96 valence electrons. The van der Waals surface area contributed by atoms with Gasteiger partial charge in [-0.1, -0.05) is 25.1 Å². The minimum absolute atomic E-state index is 0.350. The van der Waals surface area contributed by atoms with E-state index in [9.17, 15) is 8.42 Å². The number of para-hydroxylation sites is 1. The molecule has 1 aromatic carbocycles. The zero-order valence-electron chi connectivity index (χ0n) is 9.75. The molecule has 0 atom stereocenters. The van der Waals surface area contributed by atoms with E-state index in [-0.39, 0.29) is 5.16 Å². The number of halogens is 1. The van der Waals surface area contributed by atoms with Crippen LogP contribution in [-0.2, 0) is 15.5 Å². The third kappa shape index (κ3) is 2.70. The van der Waals surface area contributed by atoms with Crippen LogP contribution in [0.25, 0.3) is 5.69 Å². The molecular formula is C11H12ClN3O2S. The third-order valence-electron chi connectivity index (χ3n) is 2.35. The first kappa shape index (κ1) is 13.0. The van der Waals surface area contributed by atoms with Crippen molar-refractivity contribution in [3.05, 3.63) is 36.2 Å². The number of rotatable bonds is 4. The van der Waals surface area contributed by atoms with Gasteiger partial charge in [-0.3, -0.25) is 0 Å². The maximum Gasteiger partial charge on any atom is 0.298 e. The van der Waals surface area contributed by atoms with Crippen LogP contribution in [0.5, 0.6) is 0 Å². The molecule has 0 saturated carbocycles. The lowest BCUT2D eigenvalue weighted by Crippen LogP contribution is -2.02. The fourth-order valence-electron chi connectivity index (χ4n) is 1.59. The van der Waals surface area contributed by atoms with E-state index < -0.39 is 9.05 Å². The summed E-state index contributed by atoms with van der Waals surface area (Å²) >= 11 is 0. The van der Waals surface area contributed by atoms with Crippen molar-refractivity contribution in [1.29, 1.82) is 0 Å². The lowest BCUT2D eigenvalue weighted by atomic mass is 10.3. The van der Waals surface area contributed by atoms with Crippen LogP contribution in [-0.4, -0.2) is 23.2 Å². The molecule has 1 heterocycles. The zero-order valence-corrected chi connectivity index (χ0v) is 11.3. The van der Waals surface area contributed by atoms with E-state index in [1.54, 1.807) is 0 Å². The molecule has 0 fully saturated rings. The van der Waals surface area contributed by atoms with Crippen molar-refractivity contribution in [3.8, 4) is 5.69 Å². The highest BCUT2D eigenvalue weighted by molar-refractivity contribution is 8.13. The van der Waals surface area contributed by atoms with Gasteiger partial charge in [0.05, 0.1) is 5.69 Å². The Kier molecular flexibility index (Phi) is 3.68. The lowest BCUT2D eigenvalue weighted by molar-refractivity contribution is 0.600. The van der Waals surface area contributed by atoms with Crippen molar-refractivity contribution < 1.29 is 8.42 Å². The smallest absolute Gasteiger partial charge is 0.216 e. The van der Waals surface area contributed by atoms with E-state index in [0.717, 1.165) is 12.1 Å². The van der Waals surface area contributed by atoms with Crippen molar-refractivity contribution in [2.45, 2.75) is 24.9 Å². The highest BCUT2D eigenvalue weighted by atomic mass is 35.7. The topological polar surface area (TPSA) is 64.8 Å². The molecule has 2 rings (SSSR count). The molecule has 0 spiro atoms. The molecule has 1 aromatic heterocycles. The van der Waals surface area contributed by atoms with Gasteiger partial charge in [0.25, 0.3) is 14.2 Å². The summed E-state index contributed by atoms with van der Waals surface area (Å²) in [5.41, 5.74) is 0.764. The molecule has 0 aliphatic carbocycles. The SMILES string of the molecule is CCCc1nc(S(=O)(=O)Cl)nn1-c1ccccc1. The average molecular weight is 286 g/mol. The predicted octanol–water partition coefficient (Wildman–Crippen LogP) is 2.15. The summed E-state index contributed by atoms with van der Waals surface area (Å²) in [5, 5.41) is 3.61. The number of nitrogens with zero attached hydrogens (tertiary/aromatic N) is 3. The van der Waals surface area contributed by atoms with Gasteiger partial charge in [0.2, 0.25) is 0 Å². The van der Waals surface area contributed by atoms with Gasteiger partial charge in [0, 0.05) is 17.1 Å². The van der Waals surface area contributed by atoms with E-state index in [1.165, 1.54) is 4.68 Å². The minimum Gasteiger partial charge on any atom is -0.216 e. The molecule has 2 aromatic rings. The second-order valence-electron chi connectivity index (χ2n) is 3.75. The monoisotopic (exact) mass is 285 g/mol. The van der Waals surface area contributed by atoms with E-state index in [0.29, 0.717) is 12.2 Å².